The third-order valence-corrected chi connectivity index (χ3v) is 7.92. The van der Waals surface area contributed by atoms with Gasteiger partial charge in [-0.2, -0.15) is 0 Å². The Labute approximate surface area is 238 Å². The number of hydrogen-bond donors (Lipinski definition) is 2. The lowest BCUT2D eigenvalue weighted by molar-refractivity contribution is -0.157. The monoisotopic (exact) mass is 535 g/mol. The number of aliphatic hydroxyl groups is 1. The van der Waals surface area contributed by atoms with Crippen LogP contribution in [0.25, 0.3) is 0 Å². The van der Waals surface area contributed by atoms with E-state index in [9.17, 15) is 9.90 Å². The Balaban J connectivity index is 1.83. The highest BCUT2D eigenvalue weighted by Crippen LogP contribution is 2.32. The van der Waals surface area contributed by atoms with Crippen molar-refractivity contribution in [3.8, 4) is 0 Å². The van der Waals surface area contributed by atoms with Crippen LogP contribution in [-0.2, 0) is 9.53 Å². The first-order chi connectivity index (χ1) is 18.8. The number of carbonyl (C=O) groups is 1. The summed E-state index contributed by atoms with van der Waals surface area (Å²) in [6.07, 6.45) is 11.6. The molecule has 0 heterocycles. The van der Waals surface area contributed by atoms with Gasteiger partial charge >= 0.3 is 5.97 Å². The zero-order valence-corrected chi connectivity index (χ0v) is 25.1. The van der Waals surface area contributed by atoms with Crippen molar-refractivity contribution in [2.45, 2.75) is 103 Å². The van der Waals surface area contributed by atoms with Crippen LogP contribution in [0.5, 0.6) is 0 Å². The van der Waals surface area contributed by atoms with Crippen molar-refractivity contribution >= 4 is 5.97 Å². The largest absolute Gasteiger partial charge is 0.462 e. The van der Waals surface area contributed by atoms with E-state index in [2.05, 4.69) is 85.9 Å². The summed E-state index contributed by atoms with van der Waals surface area (Å²) in [5.41, 5.74) is 3.78. The summed E-state index contributed by atoms with van der Waals surface area (Å²) in [5, 5.41) is 12.7. The van der Waals surface area contributed by atoms with Crippen LogP contribution >= 0.6 is 0 Å². The molecule has 0 bridgehead atoms. The fourth-order valence-corrected chi connectivity index (χ4v) is 5.35. The van der Waals surface area contributed by atoms with Gasteiger partial charge in [0.2, 0.25) is 0 Å². The van der Waals surface area contributed by atoms with Crippen molar-refractivity contribution in [1.82, 2.24) is 5.32 Å². The average molecular weight is 536 g/mol. The van der Waals surface area contributed by atoms with Crippen molar-refractivity contribution in [2.24, 2.45) is 5.41 Å². The standard InChI is InChI=1S/C35H53NO3/c1-6-29(30-18-9-7-10-19-30)22-13-16-28(2)17-14-23-32(31-20-11-8-12-21-31)24-15-25-35(3,4)34(38)39-27-33(37)26-36-5/h7-12,16,18-21,29,32-33,36-37H,6,13-15,17,22-27H2,1-5H3/b28-16+. The summed E-state index contributed by atoms with van der Waals surface area (Å²) in [5.74, 6) is 0.899. The van der Waals surface area contributed by atoms with Gasteiger partial charge in [0, 0.05) is 6.54 Å². The number of rotatable bonds is 19. The Morgan fingerprint density at radius 3 is 2.13 bits per heavy atom. The van der Waals surface area contributed by atoms with Crippen molar-refractivity contribution in [1.29, 1.82) is 0 Å². The number of allylic oxidation sites excluding steroid dienone is 2. The van der Waals surface area contributed by atoms with E-state index in [1.165, 1.54) is 36.0 Å². The van der Waals surface area contributed by atoms with Crippen LogP contribution in [0.2, 0.25) is 0 Å². The van der Waals surface area contributed by atoms with Gasteiger partial charge in [-0.05, 0) is 102 Å². The summed E-state index contributed by atoms with van der Waals surface area (Å²) in [6.45, 7) is 8.92. The van der Waals surface area contributed by atoms with Crippen LogP contribution in [0.4, 0.5) is 0 Å². The number of aliphatic hydroxyl groups excluding tert-OH is 1. The van der Waals surface area contributed by atoms with Gasteiger partial charge in [-0.15, -0.1) is 0 Å². The van der Waals surface area contributed by atoms with E-state index in [4.69, 9.17) is 4.74 Å². The number of esters is 1. The molecular formula is C35H53NO3. The molecule has 0 aromatic heterocycles. The Morgan fingerprint density at radius 2 is 1.54 bits per heavy atom. The van der Waals surface area contributed by atoms with E-state index in [0.717, 1.165) is 38.5 Å². The van der Waals surface area contributed by atoms with Crippen LogP contribution in [-0.4, -0.2) is 37.4 Å². The van der Waals surface area contributed by atoms with E-state index in [-0.39, 0.29) is 12.6 Å². The van der Waals surface area contributed by atoms with Gasteiger partial charge in [0.1, 0.15) is 12.7 Å². The maximum absolute atomic E-state index is 12.6. The van der Waals surface area contributed by atoms with Gasteiger partial charge in [0.25, 0.3) is 0 Å². The van der Waals surface area contributed by atoms with Crippen molar-refractivity contribution in [2.75, 3.05) is 20.2 Å². The Hall–Kier alpha value is -2.43. The van der Waals surface area contributed by atoms with Crippen molar-refractivity contribution in [3.63, 3.8) is 0 Å². The van der Waals surface area contributed by atoms with E-state index in [1.54, 1.807) is 7.05 Å². The molecule has 0 spiro atoms. The molecule has 0 amide bonds. The van der Waals surface area contributed by atoms with E-state index < -0.39 is 11.5 Å². The molecule has 0 aliphatic rings. The van der Waals surface area contributed by atoms with Gasteiger partial charge in [0.15, 0.2) is 0 Å². The van der Waals surface area contributed by atoms with Gasteiger partial charge in [-0.25, -0.2) is 0 Å². The number of benzene rings is 2. The molecule has 0 fully saturated rings. The van der Waals surface area contributed by atoms with Crippen LogP contribution in [0.15, 0.2) is 72.3 Å². The molecule has 0 aliphatic carbocycles. The molecular weight excluding hydrogens is 482 g/mol. The minimum atomic E-state index is -0.674. The van der Waals surface area contributed by atoms with Crippen LogP contribution < -0.4 is 5.32 Å². The minimum Gasteiger partial charge on any atom is -0.462 e. The Morgan fingerprint density at radius 1 is 0.949 bits per heavy atom. The van der Waals surface area contributed by atoms with Crippen LogP contribution in [0.1, 0.15) is 108 Å². The second kappa shape index (κ2) is 18.0. The molecule has 2 aromatic carbocycles. The highest BCUT2D eigenvalue weighted by molar-refractivity contribution is 5.75. The quantitative estimate of drug-likeness (QED) is 0.141. The SMILES string of the molecule is CCC(CC/C=C(\C)CCCC(CCCC(C)(C)C(=O)OCC(O)CNC)c1ccccc1)c1ccccc1. The number of likely N-dealkylation sites (N-methyl/N-ethyl adjacent to an activating group) is 1. The average Bonchev–Trinajstić information content (AvgIpc) is 2.94. The highest BCUT2D eigenvalue weighted by atomic mass is 16.5. The maximum Gasteiger partial charge on any atom is 0.311 e. The van der Waals surface area contributed by atoms with E-state index >= 15 is 0 Å². The van der Waals surface area contributed by atoms with Gasteiger partial charge in [-0.3, -0.25) is 4.79 Å². The molecule has 2 N–H and O–H groups in total. The highest BCUT2D eigenvalue weighted by Gasteiger charge is 2.29. The fourth-order valence-electron chi connectivity index (χ4n) is 5.35. The smallest absolute Gasteiger partial charge is 0.311 e. The molecule has 3 atom stereocenters. The van der Waals surface area contributed by atoms with Crippen molar-refractivity contribution < 1.29 is 14.6 Å². The van der Waals surface area contributed by atoms with Crippen LogP contribution in [0.3, 0.4) is 0 Å². The summed E-state index contributed by atoms with van der Waals surface area (Å²) < 4.78 is 5.40. The molecule has 2 rings (SSSR count). The maximum atomic E-state index is 12.6. The second-order valence-corrected chi connectivity index (χ2v) is 11.7. The van der Waals surface area contributed by atoms with Gasteiger partial charge in [-0.1, -0.05) is 85.7 Å². The predicted molar refractivity (Wildman–Crippen MR) is 164 cm³/mol. The summed E-state index contributed by atoms with van der Waals surface area (Å²) in [7, 11) is 1.77. The Kier molecular flexibility index (Phi) is 15.1. The molecule has 0 aliphatic heterocycles. The third kappa shape index (κ3) is 12.5. The first kappa shape index (κ1) is 32.8. The minimum absolute atomic E-state index is 0.0357. The van der Waals surface area contributed by atoms with E-state index in [0.29, 0.717) is 18.4 Å². The molecule has 39 heavy (non-hydrogen) atoms. The topological polar surface area (TPSA) is 58.6 Å². The lowest BCUT2D eigenvalue weighted by Crippen LogP contribution is -2.33. The normalized spacial score (nSPS) is 14.6. The number of nitrogens with one attached hydrogen (secondary N) is 1. The lowest BCUT2D eigenvalue weighted by atomic mass is 9.83. The molecule has 3 unspecified atom stereocenters. The first-order valence-electron chi connectivity index (χ1n) is 15.0. The molecule has 4 heteroatoms. The molecule has 4 nitrogen and oxygen atoms in total. The molecule has 216 valence electrons. The number of ether oxygens (including phenoxy) is 1. The first-order valence-corrected chi connectivity index (χ1v) is 15.0. The summed E-state index contributed by atoms with van der Waals surface area (Å²) in [4.78, 5) is 12.6. The van der Waals surface area contributed by atoms with Crippen molar-refractivity contribution in [3.05, 3.63) is 83.4 Å². The lowest BCUT2D eigenvalue weighted by Gasteiger charge is -2.25. The molecule has 2 aromatic rings. The van der Waals surface area contributed by atoms with Gasteiger partial charge in [0.05, 0.1) is 5.41 Å². The van der Waals surface area contributed by atoms with Gasteiger partial charge < -0.3 is 15.2 Å². The third-order valence-electron chi connectivity index (χ3n) is 7.92. The summed E-state index contributed by atoms with van der Waals surface area (Å²) >= 11 is 0. The van der Waals surface area contributed by atoms with Crippen LogP contribution in [0, 0.1) is 5.41 Å². The number of hydrogen-bond acceptors (Lipinski definition) is 4. The zero-order chi connectivity index (χ0) is 28.5. The second-order valence-electron chi connectivity index (χ2n) is 11.7. The zero-order valence-electron chi connectivity index (χ0n) is 25.1. The predicted octanol–water partition coefficient (Wildman–Crippen LogP) is 8.18. The molecule has 0 radical (unpaired) electrons. The molecule has 0 saturated heterocycles. The van der Waals surface area contributed by atoms with E-state index in [1.807, 2.05) is 13.8 Å². The number of carbonyl (C=O) groups excluding carboxylic acids is 1. The fraction of sp³-hybridized carbons (Fsp3) is 0.571. The summed E-state index contributed by atoms with van der Waals surface area (Å²) in [6, 6.07) is 21.7. The Bertz CT molecular complexity index is 954. The molecule has 0 saturated carbocycles.